The molecule has 1 fully saturated rings. The molecule has 58 valence electrons. The third-order valence-corrected chi connectivity index (χ3v) is 3.14. The molecule has 0 radical (unpaired) electrons. The van der Waals surface area contributed by atoms with Crippen molar-refractivity contribution in [1.29, 1.82) is 0 Å². The highest BCUT2D eigenvalue weighted by Crippen LogP contribution is 2.09. The van der Waals surface area contributed by atoms with Crippen LogP contribution in [0.3, 0.4) is 0 Å². The minimum Gasteiger partial charge on any atom is -0.352 e. The Kier molecular flexibility index (Phi) is 1.68. The van der Waals surface area contributed by atoms with Gasteiger partial charge in [0, 0.05) is 6.92 Å². The van der Waals surface area contributed by atoms with Crippen LogP contribution in [0, 0.1) is 0 Å². The quantitative estimate of drug-likeness (QED) is 0.534. The molecule has 1 saturated heterocycles. The molecule has 0 unspecified atom stereocenters. The first-order valence-corrected chi connectivity index (χ1v) is 4.79. The van der Waals surface area contributed by atoms with Gasteiger partial charge >= 0.3 is 0 Å². The summed E-state index contributed by atoms with van der Waals surface area (Å²) in [6.07, 6.45) is 0. The molecule has 1 N–H and O–H groups in total. The molecule has 1 aliphatic rings. The molecular weight excluding hydrogens is 154 g/mol. The maximum Gasteiger partial charge on any atom is 0.217 e. The van der Waals surface area contributed by atoms with Gasteiger partial charge in [-0.2, -0.15) is 0 Å². The molecule has 1 aliphatic heterocycles. The average molecular weight is 163 g/mol. The fourth-order valence-electron chi connectivity index (χ4n) is 0.935. The summed E-state index contributed by atoms with van der Waals surface area (Å²) in [6, 6.07) is -0.137. The minimum absolute atomic E-state index is 0.104. The highest BCUT2D eigenvalue weighted by molar-refractivity contribution is 7.92. The van der Waals surface area contributed by atoms with Gasteiger partial charge < -0.3 is 5.32 Å². The lowest BCUT2D eigenvalue weighted by Crippen LogP contribution is -2.52. The normalized spacial score (nSPS) is 23.3. The van der Waals surface area contributed by atoms with E-state index in [1.54, 1.807) is 0 Å². The fraction of sp³-hybridized carbons (Fsp3) is 0.800. The first kappa shape index (κ1) is 7.53. The van der Waals surface area contributed by atoms with Crippen LogP contribution in [0.5, 0.6) is 0 Å². The number of hydrogen-bond acceptors (Lipinski definition) is 3. The van der Waals surface area contributed by atoms with E-state index in [1.807, 2.05) is 0 Å². The van der Waals surface area contributed by atoms with Crippen LogP contribution in [0.25, 0.3) is 0 Å². The number of nitrogens with one attached hydrogen (secondary N) is 1. The summed E-state index contributed by atoms with van der Waals surface area (Å²) < 4.78 is 21.1. The number of carbonyl (C=O) groups is 1. The molecule has 0 aromatic heterocycles. The molecule has 0 atom stereocenters. The first-order chi connectivity index (χ1) is 4.49. The van der Waals surface area contributed by atoms with E-state index in [1.165, 1.54) is 6.92 Å². The van der Waals surface area contributed by atoms with Crippen LogP contribution in [0.1, 0.15) is 6.92 Å². The van der Waals surface area contributed by atoms with Crippen LogP contribution in [-0.2, 0) is 14.6 Å². The smallest absolute Gasteiger partial charge is 0.217 e. The Labute approximate surface area is 59.5 Å². The highest BCUT2D eigenvalue weighted by Gasteiger charge is 2.33. The molecule has 0 bridgehead atoms. The Balaban J connectivity index is 2.34. The zero-order valence-electron chi connectivity index (χ0n) is 5.62. The zero-order valence-corrected chi connectivity index (χ0v) is 6.44. The van der Waals surface area contributed by atoms with Gasteiger partial charge in [-0.15, -0.1) is 0 Å². The molecular formula is C5H9NO3S. The van der Waals surface area contributed by atoms with E-state index >= 15 is 0 Å². The third-order valence-electron chi connectivity index (χ3n) is 1.32. The summed E-state index contributed by atoms with van der Waals surface area (Å²) in [5, 5.41) is 2.52. The Morgan fingerprint density at radius 2 is 2.00 bits per heavy atom. The molecule has 10 heavy (non-hydrogen) atoms. The molecule has 0 aromatic rings. The monoisotopic (exact) mass is 163 g/mol. The van der Waals surface area contributed by atoms with Gasteiger partial charge in [-0.3, -0.25) is 4.79 Å². The van der Waals surface area contributed by atoms with E-state index in [9.17, 15) is 13.2 Å². The van der Waals surface area contributed by atoms with Crippen LogP contribution in [0.4, 0.5) is 0 Å². The first-order valence-electron chi connectivity index (χ1n) is 2.97. The molecule has 0 saturated carbocycles. The Hall–Kier alpha value is -0.580. The molecule has 0 aromatic carbocycles. The standard InChI is InChI=1S/C5H9NO3S/c1-4(7)6-5-2-10(8,9)3-5/h5H,2-3H2,1H3,(H,6,7). The summed E-state index contributed by atoms with van der Waals surface area (Å²) in [7, 11) is -2.79. The van der Waals surface area contributed by atoms with Crippen molar-refractivity contribution in [3.05, 3.63) is 0 Å². The predicted octanol–water partition coefficient (Wildman–Crippen LogP) is -1.08. The lowest BCUT2D eigenvalue weighted by molar-refractivity contribution is -0.119. The molecule has 4 nitrogen and oxygen atoms in total. The second-order valence-corrected chi connectivity index (χ2v) is 4.63. The van der Waals surface area contributed by atoms with Crippen molar-refractivity contribution in [3.63, 3.8) is 0 Å². The average Bonchev–Trinajstić information content (AvgIpc) is 1.57. The lowest BCUT2D eigenvalue weighted by Gasteiger charge is -2.25. The van der Waals surface area contributed by atoms with E-state index in [4.69, 9.17) is 0 Å². The molecule has 0 aliphatic carbocycles. The Bertz CT molecular complexity index is 232. The van der Waals surface area contributed by atoms with Crippen molar-refractivity contribution in [2.75, 3.05) is 11.5 Å². The summed E-state index contributed by atoms with van der Waals surface area (Å²) in [6.45, 7) is 1.38. The van der Waals surface area contributed by atoms with Gasteiger partial charge in [-0.05, 0) is 0 Å². The molecule has 0 spiro atoms. The predicted molar refractivity (Wildman–Crippen MR) is 36.3 cm³/mol. The van der Waals surface area contributed by atoms with Crippen LogP contribution in [0.15, 0.2) is 0 Å². The van der Waals surface area contributed by atoms with Crippen molar-refractivity contribution in [2.24, 2.45) is 0 Å². The van der Waals surface area contributed by atoms with Gasteiger partial charge in [0.2, 0.25) is 5.91 Å². The number of hydrogen-bond donors (Lipinski definition) is 1. The van der Waals surface area contributed by atoms with Gasteiger partial charge in [0.15, 0.2) is 9.84 Å². The number of amides is 1. The van der Waals surface area contributed by atoms with Crippen LogP contribution < -0.4 is 5.32 Å². The van der Waals surface area contributed by atoms with Crippen LogP contribution in [-0.4, -0.2) is 31.9 Å². The summed E-state index contributed by atoms with van der Waals surface area (Å²) >= 11 is 0. The SMILES string of the molecule is CC(=O)NC1CS(=O)(=O)C1. The van der Waals surface area contributed by atoms with Gasteiger partial charge in [-0.1, -0.05) is 0 Å². The number of carbonyl (C=O) groups excluding carboxylic acids is 1. The van der Waals surface area contributed by atoms with E-state index in [0.29, 0.717) is 0 Å². The number of sulfone groups is 1. The second kappa shape index (κ2) is 2.23. The van der Waals surface area contributed by atoms with Gasteiger partial charge in [0.1, 0.15) is 0 Å². The van der Waals surface area contributed by atoms with Gasteiger partial charge in [0.05, 0.1) is 17.5 Å². The molecule has 1 rings (SSSR count). The van der Waals surface area contributed by atoms with E-state index in [2.05, 4.69) is 5.32 Å². The van der Waals surface area contributed by atoms with Crippen molar-refractivity contribution in [1.82, 2.24) is 5.32 Å². The Morgan fingerprint density at radius 3 is 2.30 bits per heavy atom. The summed E-state index contributed by atoms with van der Waals surface area (Å²) in [5.74, 6) is 0.0407. The third kappa shape index (κ3) is 1.70. The zero-order chi connectivity index (χ0) is 7.78. The van der Waals surface area contributed by atoms with E-state index < -0.39 is 9.84 Å². The van der Waals surface area contributed by atoms with Gasteiger partial charge in [-0.25, -0.2) is 8.42 Å². The second-order valence-electron chi connectivity index (χ2n) is 2.47. The van der Waals surface area contributed by atoms with Crippen molar-refractivity contribution < 1.29 is 13.2 Å². The van der Waals surface area contributed by atoms with Crippen LogP contribution in [0.2, 0.25) is 0 Å². The van der Waals surface area contributed by atoms with Crippen molar-refractivity contribution in [3.8, 4) is 0 Å². The lowest BCUT2D eigenvalue weighted by atomic mass is 10.4. The molecule has 1 heterocycles. The maximum absolute atomic E-state index is 10.5. The van der Waals surface area contributed by atoms with Crippen molar-refractivity contribution >= 4 is 15.7 Å². The summed E-state index contributed by atoms with van der Waals surface area (Å²) in [4.78, 5) is 10.4. The number of rotatable bonds is 1. The van der Waals surface area contributed by atoms with E-state index in [-0.39, 0.29) is 23.5 Å². The Morgan fingerprint density at radius 1 is 1.50 bits per heavy atom. The van der Waals surface area contributed by atoms with E-state index in [0.717, 1.165) is 0 Å². The summed E-state index contributed by atoms with van der Waals surface area (Å²) in [5.41, 5.74) is 0. The minimum atomic E-state index is -2.79. The van der Waals surface area contributed by atoms with Gasteiger partial charge in [0.25, 0.3) is 0 Å². The van der Waals surface area contributed by atoms with Crippen LogP contribution >= 0.6 is 0 Å². The van der Waals surface area contributed by atoms with Crippen molar-refractivity contribution in [2.45, 2.75) is 13.0 Å². The highest BCUT2D eigenvalue weighted by atomic mass is 32.2. The fourth-order valence-corrected chi connectivity index (χ4v) is 2.23. The maximum atomic E-state index is 10.5. The molecule has 1 amide bonds. The molecule has 5 heteroatoms. The topological polar surface area (TPSA) is 63.2 Å². The largest absolute Gasteiger partial charge is 0.352 e.